The number of unbranched alkanes of at least 4 members (excludes halogenated alkanes) is 1. The zero-order chi connectivity index (χ0) is 17.3. The van der Waals surface area contributed by atoms with Crippen LogP contribution in [0.15, 0.2) is 0 Å². The Morgan fingerprint density at radius 1 is 1.26 bits per heavy atom. The smallest absolute Gasteiger partial charge is 0.325 e. The van der Waals surface area contributed by atoms with Gasteiger partial charge in [-0.1, -0.05) is 20.8 Å². The molecule has 6 heteroatoms. The highest BCUT2D eigenvalue weighted by molar-refractivity contribution is 6.07. The van der Waals surface area contributed by atoms with Gasteiger partial charge in [-0.2, -0.15) is 0 Å². The lowest BCUT2D eigenvalue weighted by atomic mass is 9.67. The van der Waals surface area contributed by atoms with Crippen LogP contribution < -0.4 is 5.32 Å². The second kappa shape index (κ2) is 6.49. The van der Waals surface area contributed by atoms with Crippen molar-refractivity contribution in [2.24, 2.45) is 11.3 Å². The molecule has 0 aromatic carbocycles. The molecule has 2 fully saturated rings. The number of carbonyl (C=O) groups is 3. The third-order valence-corrected chi connectivity index (χ3v) is 5.33. The maximum Gasteiger partial charge on any atom is 0.325 e. The Morgan fingerprint density at radius 2 is 1.87 bits per heavy atom. The van der Waals surface area contributed by atoms with E-state index in [0.717, 1.165) is 12.8 Å². The molecule has 0 atom stereocenters. The number of carboxylic acids is 1. The van der Waals surface area contributed by atoms with Gasteiger partial charge in [-0.25, -0.2) is 4.79 Å². The predicted octanol–water partition coefficient (Wildman–Crippen LogP) is 2.77. The van der Waals surface area contributed by atoms with E-state index in [1.165, 1.54) is 4.90 Å². The number of imide groups is 1. The molecule has 0 aromatic rings. The van der Waals surface area contributed by atoms with E-state index in [2.05, 4.69) is 26.1 Å². The molecular formula is C17H28N2O4. The Hall–Kier alpha value is -1.59. The van der Waals surface area contributed by atoms with Gasteiger partial charge in [-0.15, -0.1) is 0 Å². The predicted molar refractivity (Wildman–Crippen MR) is 85.9 cm³/mol. The van der Waals surface area contributed by atoms with Gasteiger partial charge in [0.05, 0.1) is 0 Å². The minimum Gasteiger partial charge on any atom is -0.481 e. The molecule has 1 saturated heterocycles. The van der Waals surface area contributed by atoms with E-state index >= 15 is 0 Å². The van der Waals surface area contributed by atoms with Gasteiger partial charge in [0.1, 0.15) is 5.54 Å². The van der Waals surface area contributed by atoms with Crippen LogP contribution in [0.25, 0.3) is 0 Å². The fourth-order valence-electron chi connectivity index (χ4n) is 3.74. The van der Waals surface area contributed by atoms with Gasteiger partial charge in [0.2, 0.25) is 0 Å². The molecule has 0 radical (unpaired) electrons. The van der Waals surface area contributed by atoms with Crippen LogP contribution in [0.5, 0.6) is 0 Å². The number of nitrogens with zero attached hydrogens (tertiary/aromatic N) is 1. The molecule has 0 aromatic heterocycles. The minimum absolute atomic E-state index is 0.0715. The van der Waals surface area contributed by atoms with E-state index < -0.39 is 11.5 Å². The number of carboxylic acid groups (broad SMARTS) is 1. The number of urea groups is 1. The number of aliphatic carboxylic acids is 1. The zero-order valence-electron chi connectivity index (χ0n) is 14.4. The first-order valence-electron chi connectivity index (χ1n) is 8.52. The van der Waals surface area contributed by atoms with Crippen molar-refractivity contribution in [2.45, 2.75) is 71.3 Å². The molecule has 2 N–H and O–H groups in total. The van der Waals surface area contributed by atoms with Crippen molar-refractivity contribution in [3.8, 4) is 0 Å². The number of rotatable bonds is 5. The Kier molecular flexibility index (Phi) is 5.01. The summed E-state index contributed by atoms with van der Waals surface area (Å²) in [5.74, 6) is -0.396. The van der Waals surface area contributed by atoms with Gasteiger partial charge in [0.25, 0.3) is 5.91 Å². The van der Waals surface area contributed by atoms with Crippen molar-refractivity contribution in [1.82, 2.24) is 10.2 Å². The van der Waals surface area contributed by atoms with Crippen LogP contribution in [0, 0.1) is 11.3 Å². The average Bonchev–Trinajstić information content (AvgIpc) is 2.66. The summed E-state index contributed by atoms with van der Waals surface area (Å²) in [7, 11) is 0. The summed E-state index contributed by atoms with van der Waals surface area (Å²) in [6.45, 7) is 6.97. The fourth-order valence-corrected chi connectivity index (χ4v) is 3.74. The zero-order valence-corrected chi connectivity index (χ0v) is 14.4. The molecule has 3 amide bonds. The summed E-state index contributed by atoms with van der Waals surface area (Å²) in [6, 6.07) is -0.320. The largest absolute Gasteiger partial charge is 0.481 e. The third kappa shape index (κ3) is 3.85. The first-order valence-corrected chi connectivity index (χ1v) is 8.52. The Morgan fingerprint density at radius 3 is 2.39 bits per heavy atom. The Labute approximate surface area is 137 Å². The second-order valence-electron chi connectivity index (χ2n) is 7.96. The van der Waals surface area contributed by atoms with Gasteiger partial charge < -0.3 is 10.4 Å². The van der Waals surface area contributed by atoms with Gasteiger partial charge in [-0.05, 0) is 49.9 Å². The quantitative estimate of drug-likeness (QED) is 0.601. The summed E-state index contributed by atoms with van der Waals surface area (Å²) in [4.78, 5) is 36.6. The monoisotopic (exact) mass is 324 g/mol. The molecule has 0 bridgehead atoms. The summed E-state index contributed by atoms with van der Waals surface area (Å²) in [5.41, 5.74) is -0.491. The summed E-state index contributed by atoms with van der Waals surface area (Å²) < 4.78 is 0. The Balaban J connectivity index is 1.92. The molecule has 1 aliphatic heterocycles. The molecule has 1 aliphatic carbocycles. The lowest BCUT2D eigenvalue weighted by Gasteiger charge is -2.40. The van der Waals surface area contributed by atoms with E-state index in [9.17, 15) is 14.4 Å². The summed E-state index contributed by atoms with van der Waals surface area (Å²) in [6.07, 6.45) is 4.38. The summed E-state index contributed by atoms with van der Waals surface area (Å²) >= 11 is 0. The number of hydrogen-bond donors (Lipinski definition) is 2. The van der Waals surface area contributed by atoms with E-state index in [1.54, 1.807) is 0 Å². The van der Waals surface area contributed by atoms with Crippen molar-refractivity contribution >= 4 is 17.9 Å². The highest BCUT2D eigenvalue weighted by atomic mass is 16.4. The van der Waals surface area contributed by atoms with Crippen molar-refractivity contribution in [3.05, 3.63) is 0 Å². The summed E-state index contributed by atoms with van der Waals surface area (Å²) in [5, 5.41) is 11.6. The molecule has 130 valence electrons. The van der Waals surface area contributed by atoms with E-state index in [0.29, 0.717) is 38.1 Å². The van der Waals surface area contributed by atoms with E-state index in [-0.39, 0.29) is 23.8 Å². The topological polar surface area (TPSA) is 86.7 Å². The number of carbonyl (C=O) groups excluding carboxylic acids is 2. The average molecular weight is 324 g/mol. The highest BCUT2D eigenvalue weighted by Gasteiger charge is 2.52. The lowest BCUT2D eigenvalue weighted by molar-refractivity contribution is -0.137. The number of amides is 3. The third-order valence-electron chi connectivity index (χ3n) is 5.33. The van der Waals surface area contributed by atoms with Crippen molar-refractivity contribution in [1.29, 1.82) is 0 Å². The van der Waals surface area contributed by atoms with Crippen LogP contribution in [-0.2, 0) is 9.59 Å². The van der Waals surface area contributed by atoms with Crippen LogP contribution in [0.1, 0.15) is 65.7 Å². The molecule has 2 aliphatic rings. The van der Waals surface area contributed by atoms with Crippen molar-refractivity contribution in [2.75, 3.05) is 6.54 Å². The van der Waals surface area contributed by atoms with Crippen LogP contribution in [0.3, 0.4) is 0 Å². The molecule has 2 rings (SSSR count). The number of nitrogens with one attached hydrogen (secondary N) is 1. The van der Waals surface area contributed by atoms with E-state index in [4.69, 9.17) is 5.11 Å². The highest BCUT2D eigenvalue weighted by Crippen LogP contribution is 2.43. The van der Waals surface area contributed by atoms with Crippen molar-refractivity contribution < 1.29 is 19.5 Å². The van der Waals surface area contributed by atoms with Crippen LogP contribution in [-0.4, -0.2) is 40.0 Å². The molecule has 1 spiro atoms. The number of hydrogen-bond acceptors (Lipinski definition) is 3. The van der Waals surface area contributed by atoms with Gasteiger partial charge in [0, 0.05) is 13.0 Å². The molecular weight excluding hydrogens is 296 g/mol. The van der Waals surface area contributed by atoms with Crippen LogP contribution >= 0.6 is 0 Å². The normalized spacial score (nSPS) is 28.3. The maximum absolute atomic E-state index is 12.7. The van der Waals surface area contributed by atoms with Gasteiger partial charge in [0.15, 0.2) is 0 Å². The van der Waals surface area contributed by atoms with Crippen molar-refractivity contribution in [3.63, 3.8) is 0 Å². The first kappa shape index (κ1) is 17.8. The first-order chi connectivity index (χ1) is 10.7. The van der Waals surface area contributed by atoms with Gasteiger partial charge in [-0.3, -0.25) is 14.5 Å². The molecule has 1 heterocycles. The molecule has 6 nitrogen and oxygen atoms in total. The standard InChI is InChI=1S/C17H28N2O4/c1-16(2,3)12-7-9-17(10-8-12)14(22)19(15(23)18-17)11-5-4-6-13(20)21/h12H,4-11H2,1-3H3,(H,18,23)(H,20,21). The maximum atomic E-state index is 12.7. The van der Waals surface area contributed by atoms with E-state index in [1.807, 2.05) is 0 Å². The molecule has 23 heavy (non-hydrogen) atoms. The molecule has 1 saturated carbocycles. The second-order valence-corrected chi connectivity index (χ2v) is 7.96. The van der Waals surface area contributed by atoms with Crippen LogP contribution in [0.2, 0.25) is 0 Å². The molecule has 0 unspecified atom stereocenters. The van der Waals surface area contributed by atoms with Crippen LogP contribution in [0.4, 0.5) is 4.79 Å². The van der Waals surface area contributed by atoms with Gasteiger partial charge >= 0.3 is 12.0 Å². The minimum atomic E-state index is -0.848. The SMILES string of the molecule is CC(C)(C)C1CCC2(CC1)NC(=O)N(CCCCC(=O)O)C2=O. The fraction of sp³-hybridized carbons (Fsp3) is 0.824. The Bertz CT molecular complexity index is 487. The lowest BCUT2D eigenvalue weighted by Crippen LogP contribution is -2.50.